The summed E-state index contributed by atoms with van der Waals surface area (Å²) in [5, 5.41) is 0.564. The molecule has 0 atom stereocenters. The number of carbonyl (C=O) groups excluding carboxylic acids is 1. The van der Waals surface area contributed by atoms with Crippen molar-refractivity contribution in [2.75, 3.05) is 7.11 Å². The number of aliphatic imine (C=N–C) groups is 1. The van der Waals surface area contributed by atoms with Gasteiger partial charge in [-0.2, -0.15) is 0 Å². The zero-order valence-corrected chi connectivity index (χ0v) is 9.72. The molecule has 0 aliphatic heterocycles. The summed E-state index contributed by atoms with van der Waals surface area (Å²) >= 11 is 9.13. The van der Waals surface area contributed by atoms with Crippen LogP contribution in [0.1, 0.15) is 5.56 Å². The van der Waals surface area contributed by atoms with Gasteiger partial charge in [0.05, 0.1) is 18.1 Å². The number of rotatable bonds is 3. The van der Waals surface area contributed by atoms with E-state index in [1.165, 1.54) is 6.08 Å². The van der Waals surface area contributed by atoms with Crippen molar-refractivity contribution in [3.63, 3.8) is 0 Å². The fourth-order valence-electron chi connectivity index (χ4n) is 1.08. The van der Waals surface area contributed by atoms with E-state index in [-0.39, 0.29) is 6.54 Å². The highest BCUT2D eigenvalue weighted by Gasteiger charge is 2.08. The first-order chi connectivity index (χ1) is 6.69. The first-order valence-corrected chi connectivity index (χ1v) is 4.91. The van der Waals surface area contributed by atoms with Gasteiger partial charge in [-0.15, -0.1) is 0 Å². The second-order valence-electron chi connectivity index (χ2n) is 2.49. The molecule has 0 aliphatic rings. The molecule has 0 aliphatic carbocycles. The molecule has 0 amide bonds. The Morgan fingerprint density at radius 1 is 1.64 bits per heavy atom. The average molecular weight is 277 g/mol. The lowest BCUT2D eigenvalue weighted by Gasteiger charge is -2.08. The van der Waals surface area contributed by atoms with Crippen molar-refractivity contribution in [2.24, 2.45) is 4.99 Å². The van der Waals surface area contributed by atoms with Gasteiger partial charge < -0.3 is 4.74 Å². The molecule has 0 N–H and O–H groups in total. The molecular formula is C9H7BrClNO2. The molecule has 1 aromatic carbocycles. The number of ether oxygens (including phenoxy) is 1. The lowest BCUT2D eigenvalue weighted by atomic mass is 10.2. The van der Waals surface area contributed by atoms with Crippen molar-refractivity contribution in [2.45, 2.75) is 6.54 Å². The molecule has 0 saturated carbocycles. The van der Waals surface area contributed by atoms with Gasteiger partial charge in [0.25, 0.3) is 0 Å². The van der Waals surface area contributed by atoms with E-state index < -0.39 is 0 Å². The minimum absolute atomic E-state index is 0.214. The van der Waals surface area contributed by atoms with Crippen molar-refractivity contribution in [1.29, 1.82) is 0 Å². The summed E-state index contributed by atoms with van der Waals surface area (Å²) < 4.78 is 5.87. The van der Waals surface area contributed by atoms with Crippen LogP contribution in [-0.4, -0.2) is 13.2 Å². The van der Waals surface area contributed by atoms with Crippen molar-refractivity contribution < 1.29 is 9.53 Å². The van der Waals surface area contributed by atoms with Crippen LogP contribution >= 0.6 is 27.5 Å². The van der Waals surface area contributed by atoms with Crippen molar-refractivity contribution in [3.8, 4) is 5.75 Å². The highest BCUT2D eigenvalue weighted by molar-refractivity contribution is 9.10. The SMILES string of the molecule is COc1c(Br)cc(Cl)cc1CN=C=O. The monoisotopic (exact) mass is 275 g/mol. The summed E-state index contributed by atoms with van der Waals surface area (Å²) in [5.74, 6) is 0.633. The van der Waals surface area contributed by atoms with Crippen LogP contribution in [0.2, 0.25) is 5.02 Å². The maximum Gasteiger partial charge on any atom is 0.235 e. The largest absolute Gasteiger partial charge is 0.495 e. The van der Waals surface area contributed by atoms with Gasteiger partial charge in [0, 0.05) is 10.6 Å². The highest BCUT2D eigenvalue weighted by atomic mass is 79.9. The molecule has 0 heterocycles. The van der Waals surface area contributed by atoms with Crippen molar-refractivity contribution >= 4 is 33.6 Å². The highest BCUT2D eigenvalue weighted by Crippen LogP contribution is 2.32. The molecule has 0 fully saturated rings. The van der Waals surface area contributed by atoms with Crippen LogP contribution in [0.15, 0.2) is 21.6 Å². The maximum absolute atomic E-state index is 9.97. The zero-order valence-electron chi connectivity index (χ0n) is 7.38. The first-order valence-electron chi connectivity index (χ1n) is 3.74. The van der Waals surface area contributed by atoms with Gasteiger partial charge in [-0.3, -0.25) is 0 Å². The number of isocyanates is 1. The van der Waals surface area contributed by atoms with Crippen LogP contribution in [-0.2, 0) is 11.3 Å². The third-order valence-electron chi connectivity index (χ3n) is 1.60. The number of halogens is 2. The molecule has 0 bridgehead atoms. The van der Waals surface area contributed by atoms with Crippen LogP contribution < -0.4 is 4.74 Å². The van der Waals surface area contributed by atoms with E-state index >= 15 is 0 Å². The topological polar surface area (TPSA) is 38.7 Å². The molecular weight excluding hydrogens is 269 g/mol. The van der Waals surface area contributed by atoms with Gasteiger partial charge in [-0.05, 0) is 28.1 Å². The Hall–Kier alpha value is -0.830. The van der Waals surface area contributed by atoms with Crippen LogP contribution in [0, 0.1) is 0 Å². The molecule has 5 heteroatoms. The minimum atomic E-state index is 0.214. The predicted molar refractivity (Wildman–Crippen MR) is 57.5 cm³/mol. The zero-order chi connectivity index (χ0) is 10.6. The molecule has 0 saturated heterocycles. The normalized spacial score (nSPS) is 9.36. The second-order valence-corrected chi connectivity index (χ2v) is 3.78. The fraction of sp³-hybridized carbons (Fsp3) is 0.222. The molecule has 3 nitrogen and oxygen atoms in total. The van der Waals surface area contributed by atoms with Gasteiger partial charge in [0.15, 0.2) is 0 Å². The van der Waals surface area contributed by atoms with Crippen LogP contribution in [0.25, 0.3) is 0 Å². The molecule has 0 unspecified atom stereocenters. The fourth-order valence-corrected chi connectivity index (χ4v) is 2.11. The Labute approximate surface area is 94.9 Å². The Kier molecular flexibility index (Phi) is 4.14. The van der Waals surface area contributed by atoms with E-state index in [0.717, 1.165) is 10.0 Å². The van der Waals surface area contributed by atoms with Gasteiger partial charge in [0.1, 0.15) is 5.75 Å². The molecule has 0 aromatic heterocycles. The lowest BCUT2D eigenvalue weighted by molar-refractivity contribution is 0.407. The summed E-state index contributed by atoms with van der Waals surface area (Å²) in [6.45, 7) is 0.214. The van der Waals surface area contributed by atoms with E-state index in [1.54, 1.807) is 19.2 Å². The quantitative estimate of drug-likeness (QED) is 0.629. The van der Waals surface area contributed by atoms with Crippen LogP contribution in [0.4, 0.5) is 0 Å². The smallest absolute Gasteiger partial charge is 0.235 e. The van der Waals surface area contributed by atoms with Gasteiger partial charge in [-0.1, -0.05) is 11.6 Å². The van der Waals surface area contributed by atoms with Crippen LogP contribution in [0.5, 0.6) is 5.75 Å². The standard InChI is InChI=1S/C9H7BrClNO2/c1-14-9-6(4-12-5-13)2-7(11)3-8(9)10/h2-3H,4H2,1H3. The molecule has 74 valence electrons. The van der Waals surface area contributed by atoms with Crippen LogP contribution in [0.3, 0.4) is 0 Å². The molecule has 14 heavy (non-hydrogen) atoms. The Bertz CT molecular complexity index is 389. The number of hydrogen-bond donors (Lipinski definition) is 0. The summed E-state index contributed by atoms with van der Waals surface area (Å²) in [4.78, 5) is 13.4. The van der Waals surface area contributed by atoms with E-state index in [2.05, 4.69) is 20.9 Å². The van der Waals surface area contributed by atoms with E-state index in [9.17, 15) is 4.79 Å². The van der Waals surface area contributed by atoms with Gasteiger partial charge in [-0.25, -0.2) is 9.79 Å². The van der Waals surface area contributed by atoms with Gasteiger partial charge >= 0.3 is 0 Å². The summed E-state index contributed by atoms with van der Waals surface area (Å²) in [7, 11) is 1.54. The Morgan fingerprint density at radius 3 is 2.93 bits per heavy atom. The number of methoxy groups -OCH3 is 1. The van der Waals surface area contributed by atoms with E-state index in [4.69, 9.17) is 16.3 Å². The Morgan fingerprint density at radius 2 is 2.36 bits per heavy atom. The van der Waals surface area contributed by atoms with E-state index in [1.807, 2.05) is 0 Å². The third kappa shape index (κ3) is 2.58. The second kappa shape index (κ2) is 5.15. The van der Waals surface area contributed by atoms with Crippen molar-refractivity contribution in [3.05, 3.63) is 27.2 Å². The molecule has 1 rings (SSSR count). The van der Waals surface area contributed by atoms with E-state index in [0.29, 0.717) is 10.8 Å². The minimum Gasteiger partial charge on any atom is -0.495 e. The molecule has 0 spiro atoms. The molecule has 1 aromatic rings. The summed E-state index contributed by atoms with van der Waals surface area (Å²) in [5.41, 5.74) is 0.746. The predicted octanol–water partition coefficient (Wildman–Crippen LogP) is 2.95. The number of benzene rings is 1. The summed E-state index contributed by atoms with van der Waals surface area (Å²) in [6, 6.07) is 3.42. The maximum atomic E-state index is 9.97. The van der Waals surface area contributed by atoms with Gasteiger partial charge in [0.2, 0.25) is 6.08 Å². The number of hydrogen-bond acceptors (Lipinski definition) is 3. The number of nitrogens with zero attached hydrogens (tertiary/aromatic N) is 1. The molecule has 0 radical (unpaired) electrons. The van der Waals surface area contributed by atoms with Crippen molar-refractivity contribution in [1.82, 2.24) is 0 Å². The summed E-state index contributed by atoms with van der Waals surface area (Å²) in [6.07, 6.45) is 1.47. The Balaban J connectivity index is 3.17. The first kappa shape index (κ1) is 11.2. The third-order valence-corrected chi connectivity index (χ3v) is 2.41. The average Bonchev–Trinajstić information content (AvgIpc) is 2.14. The lowest BCUT2D eigenvalue weighted by Crippen LogP contribution is -1.92.